The lowest BCUT2D eigenvalue weighted by atomic mass is 10.2. The number of aromatic nitrogens is 1. The molecule has 20 heavy (non-hydrogen) atoms. The first-order valence-corrected chi connectivity index (χ1v) is 6.13. The van der Waals surface area contributed by atoms with Crippen LogP contribution in [0.25, 0.3) is 0 Å². The zero-order chi connectivity index (χ0) is 14.5. The van der Waals surface area contributed by atoms with E-state index in [-0.39, 0.29) is 11.4 Å². The Morgan fingerprint density at radius 2 is 2.15 bits per heavy atom. The first-order valence-electron chi connectivity index (χ1n) is 6.13. The fraction of sp³-hybridized carbons (Fsp3) is 0.214. The molecule has 2 rings (SSSR count). The molecular weight excluding hydrogens is 258 g/mol. The fourth-order valence-electron chi connectivity index (χ4n) is 1.84. The smallest absolute Gasteiger partial charge is 0.314 e. The van der Waals surface area contributed by atoms with E-state index in [2.05, 4.69) is 10.3 Å². The molecule has 1 heterocycles. The fourth-order valence-corrected chi connectivity index (χ4v) is 1.84. The summed E-state index contributed by atoms with van der Waals surface area (Å²) < 4.78 is 5.51. The van der Waals surface area contributed by atoms with E-state index in [0.29, 0.717) is 18.0 Å². The van der Waals surface area contributed by atoms with E-state index in [1.54, 1.807) is 37.4 Å². The molecule has 0 unspecified atom stereocenters. The SMILES string of the molecule is CNCc1ccc(Oc2cccc(C)c2[N+](=O)[O-])nc1. The predicted octanol–water partition coefficient (Wildman–Crippen LogP) is 2.81. The Kier molecular flexibility index (Phi) is 4.27. The molecule has 2 aromatic rings. The van der Waals surface area contributed by atoms with E-state index in [0.717, 1.165) is 5.56 Å². The van der Waals surface area contributed by atoms with Gasteiger partial charge in [0.25, 0.3) is 0 Å². The number of hydrogen-bond acceptors (Lipinski definition) is 5. The maximum Gasteiger partial charge on any atom is 0.314 e. The topological polar surface area (TPSA) is 77.3 Å². The summed E-state index contributed by atoms with van der Waals surface area (Å²) >= 11 is 0. The lowest BCUT2D eigenvalue weighted by Crippen LogP contribution is -2.05. The third-order valence-corrected chi connectivity index (χ3v) is 2.78. The van der Waals surface area contributed by atoms with Crippen LogP contribution < -0.4 is 10.1 Å². The second kappa shape index (κ2) is 6.12. The minimum atomic E-state index is -0.444. The largest absolute Gasteiger partial charge is 0.432 e. The summed E-state index contributed by atoms with van der Waals surface area (Å²) in [5.74, 6) is 0.530. The first kappa shape index (κ1) is 14.0. The zero-order valence-corrected chi connectivity index (χ0v) is 11.3. The molecule has 0 fully saturated rings. The van der Waals surface area contributed by atoms with Crippen LogP contribution in [-0.2, 0) is 6.54 Å². The van der Waals surface area contributed by atoms with E-state index in [9.17, 15) is 10.1 Å². The van der Waals surface area contributed by atoms with Gasteiger partial charge in [-0.1, -0.05) is 18.2 Å². The molecule has 0 aliphatic carbocycles. The second-order valence-electron chi connectivity index (χ2n) is 4.32. The summed E-state index contributed by atoms with van der Waals surface area (Å²) in [7, 11) is 1.85. The van der Waals surface area contributed by atoms with Crippen LogP contribution in [0.2, 0.25) is 0 Å². The van der Waals surface area contributed by atoms with Gasteiger partial charge in [0.1, 0.15) is 0 Å². The molecule has 0 aliphatic rings. The van der Waals surface area contributed by atoms with Crippen molar-refractivity contribution in [3.63, 3.8) is 0 Å². The summed E-state index contributed by atoms with van der Waals surface area (Å²) in [5, 5.41) is 14.1. The number of para-hydroxylation sites is 1. The number of ether oxygens (including phenoxy) is 1. The van der Waals surface area contributed by atoms with Gasteiger partial charge in [-0.25, -0.2) is 4.98 Å². The van der Waals surface area contributed by atoms with Crippen LogP contribution in [0.15, 0.2) is 36.5 Å². The van der Waals surface area contributed by atoms with Gasteiger partial charge in [-0.3, -0.25) is 10.1 Å². The molecule has 0 atom stereocenters. The molecule has 1 aromatic heterocycles. The summed E-state index contributed by atoms with van der Waals surface area (Å²) in [6.45, 7) is 2.38. The normalized spacial score (nSPS) is 10.3. The molecule has 0 spiro atoms. The van der Waals surface area contributed by atoms with Crippen LogP contribution >= 0.6 is 0 Å². The van der Waals surface area contributed by atoms with Gasteiger partial charge in [0, 0.05) is 24.4 Å². The maximum atomic E-state index is 11.1. The van der Waals surface area contributed by atoms with E-state index >= 15 is 0 Å². The molecule has 104 valence electrons. The lowest BCUT2D eigenvalue weighted by Gasteiger charge is -2.07. The predicted molar refractivity (Wildman–Crippen MR) is 74.9 cm³/mol. The number of pyridine rings is 1. The van der Waals surface area contributed by atoms with E-state index in [1.165, 1.54) is 0 Å². The maximum absolute atomic E-state index is 11.1. The van der Waals surface area contributed by atoms with Crippen LogP contribution in [-0.4, -0.2) is 17.0 Å². The van der Waals surface area contributed by atoms with Gasteiger partial charge in [-0.05, 0) is 25.6 Å². The van der Waals surface area contributed by atoms with Gasteiger partial charge in [0.15, 0.2) is 0 Å². The monoisotopic (exact) mass is 273 g/mol. The minimum absolute atomic E-state index is 0.0337. The highest BCUT2D eigenvalue weighted by Crippen LogP contribution is 2.33. The average Bonchev–Trinajstić information content (AvgIpc) is 2.41. The van der Waals surface area contributed by atoms with Crippen LogP contribution in [0.4, 0.5) is 5.69 Å². The van der Waals surface area contributed by atoms with Crippen molar-refractivity contribution in [2.45, 2.75) is 13.5 Å². The number of nitrogens with zero attached hydrogens (tertiary/aromatic N) is 2. The Hall–Kier alpha value is -2.47. The highest BCUT2D eigenvalue weighted by molar-refractivity contribution is 5.53. The number of hydrogen-bond donors (Lipinski definition) is 1. The van der Waals surface area contributed by atoms with Crippen LogP contribution in [0.5, 0.6) is 11.6 Å². The summed E-state index contributed by atoms with van der Waals surface area (Å²) in [4.78, 5) is 14.8. The van der Waals surface area contributed by atoms with Crippen molar-refractivity contribution in [1.82, 2.24) is 10.3 Å². The number of rotatable bonds is 5. The average molecular weight is 273 g/mol. The van der Waals surface area contributed by atoms with Crippen molar-refractivity contribution in [2.75, 3.05) is 7.05 Å². The molecular formula is C14H15N3O3. The molecule has 6 heteroatoms. The van der Waals surface area contributed by atoms with Crippen molar-refractivity contribution in [3.8, 4) is 11.6 Å². The third kappa shape index (κ3) is 3.10. The highest BCUT2D eigenvalue weighted by Gasteiger charge is 2.18. The number of nitrogens with one attached hydrogen (secondary N) is 1. The molecule has 0 radical (unpaired) electrons. The Morgan fingerprint density at radius 3 is 2.75 bits per heavy atom. The summed E-state index contributed by atoms with van der Waals surface area (Å²) in [6.07, 6.45) is 1.67. The van der Waals surface area contributed by atoms with Gasteiger partial charge < -0.3 is 10.1 Å². The quantitative estimate of drug-likeness (QED) is 0.669. The molecule has 0 bridgehead atoms. The number of aryl methyl sites for hydroxylation is 1. The minimum Gasteiger partial charge on any atom is -0.432 e. The van der Waals surface area contributed by atoms with Crippen LogP contribution in [0, 0.1) is 17.0 Å². The zero-order valence-electron chi connectivity index (χ0n) is 11.3. The van der Waals surface area contributed by atoms with Gasteiger partial charge in [-0.15, -0.1) is 0 Å². The number of nitro groups is 1. The van der Waals surface area contributed by atoms with Crippen LogP contribution in [0.1, 0.15) is 11.1 Å². The Bertz CT molecular complexity index is 612. The van der Waals surface area contributed by atoms with Gasteiger partial charge in [0.2, 0.25) is 11.6 Å². The summed E-state index contributed by atoms with van der Waals surface area (Å²) in [6, 6.07) is 8.51. The Morgan fingerprint density at radius 1 is 1.35 bits per heavy atom. The van der Waals surface area contributed by atoms with Crippen molar-refractivity contribution in [2.24, 2.45) is 0 Å². The number of benzene rings is 1. The third-order valence-electron chi connectivity index (χ3n) is 2.78. The highest BCUT2D eigenvalue weighted by atomic mass is 16.6. The lowest BCUT2D eigenvalue weighted by molar-refractivity contribution is -0.386. The molecule has 0 amide bonds. The van der Waals surface area contributed by atoms with E-state index in [4.69, 9.17) is 4.74 Å². The molecule has 1 aromatic carbocycles. The second-order valence-corrected chi connectivity index (χ2v) is 4.32. The van der Waals surface area contributed by atoms with Gasteiger partial charge in [0.05, 0.1) is 4.92 Å². The van der Waals surface area contributed by atoms with Crippen molar-refractivity contribution < 1.29 is 9.66 Å². The number of nitro benzene ring substituents is 1. The standard InChI is InChI=1S/C14H15N3O3/c1-10-4-3-5-12(14(10)17(18)19)20-13-7-6-11(8-15-2)9-16-13/h3-7,9,15H,8H2,1-2H3. The van der Waals surface area contributed by atoms with Crippen LogP contribution in [0.3, 0.4) is 0 Å². The molecule has 1 N–H and O–H groups in total. The van der Waals surface area contributed by atoms with Crippen molar-refractivity contribution >= 4 is 5.69 Å². The molecule has 0 saturated heterocycles. The first-order chi connectivity index (χ1) is 9.61. The van der Waals surface area contributed by atoms with Gasteiger partial charge in [-0.2, -0.15) is 0 Å². The summed E-state index contributed by atoms with van der Waals surface area (Å²) in [5.41, 5.74) is 1.53. The molecule has 6 nitrogen and oxygen atoms in total. The van der Waals surface area contributed by atoms with Crippen molar-refractivity contribution in [3.05, 3.63) is 57.8 Å². The Balaban J connectivity index is 2.26. The molecule has 0 aliphatic heterocycles. The van der Waals surface area contributed by atoms with Crippen molar-refractivity contribution in [1.29, 1.82) is 0 Å². The van der Waals surface area contributed by atoms with E-state index < -0.39 is 4.92 Å². The molecule has 0 saturated carbocycles. The Labute approximate surface area is 116 Å². The van der Waals surface area contributed by atoms with E-state index in [1.807, 2.05) is 13.1 Å². The van der Waals surface area contributed by atoms with Gasteiger partial charge >= 0.3 is 5.69 Å².